The van der Waals surface area contributed by atoms with E-state index in [9.17, 15) is 9.90 Å². The van der Waals surface area contributed by atoms with Gasteiger partial charge in [-0.25, -0.2) is 23.5 Å². The molecule has 0 spiro atoms. The maximum Gasteiger partial charge on any atom is 0.335 e. The Bertz CT molecular complexity index is 1840. The molecule has 1 N–H and O–H groups in total. The first-order chi connectivity index (χ1) is 20.4. The molecule has 1 aliphatic rings. The number of halogens is 2. The second kappa shape index (κ2) is 11.4. The Labute approximate surface area is 238 Å². The number of carboxylic acids is 1. The minimum Gasteiger partial charge on any atom is -0.478 e. The lowest BCUT2D eigenvalue weighted by atomic mass is 10.0. The third-order valence-electron chi connectivity index (χ3n) is 7.03. The number of fused-ring (bicyclic) bond motifs is 1. The van der Waals surface area contributed by atoms with Crippen molar-refractivity contribution in [1.29, 1.82) is 5.26 Å². The number of hydrogen-bond acceptors (Lipinski definition) is 7. The maximum absolute atomic E-state index is 15.4. The zero-order valence-corrected chi connectivity index (χ0v) is 22.2. The summed E-state index contributed by atoms with van der Waals surface area (Å²) in [7, 11) is 0. The minimum absolute atomic E-state index is 0.0120. The van der Waals surface area contributed by atoms with Crippen molar-refractivity contribution < 1.29 is 28.2 Å². The fourth-order valence-corrected chi connectivity index (χ4v) is 4.80. The number of ether oxygens (including phenoxy) is 2. The molecule has 0 radical (unpaired) electrons. The first-order valence-corrected chi connectivity index (χ1v) is 13.2. The molecule has 3 aromatic heterocycles. The molecule has 1 atom stereocenters. The summed E-state index contributed by atoms with van der Waals surface area (Å²) >= 11 is 0. The van der Waals surface area contributed by atoms with Crippen molar-refractivity contribution in [2.75, 3.05) is 6.61 Å². The Kier molecular flexibility index (Phi) is 7.33. The highest BCUT2D eigenvalue weighted by Gasteiger charge is 2.23. The monoisotopic (exact) mass is 570 g/mol. The second-order valence-electron chi connectivity index (χ2n) is 9.84. The van der Waals surface area contributed by atoms with Crippen molar-refractivity contribution in [1.82, 2.24) is 24.3 Å². The van der Waals surface area contributed by atoms with Crippen LogP contribution in [0.4, 0.5) is 8.78 Å². The molecule has 0 aliphatic carbocycles. The fraction of sp³-hybridized carbons (Fsp3) is 0.233. The number of nitriles is 1. The zero-order valence-electron chi connectivity index (χ0n) is 22.2. The van der Waals surface area contributed by atoms with Crippen LogP contribution in [0.3, 0.4) is 0 Å². The van der Waals surface area contributed by atoms with Crippen LogP contribution in [0.25, 0.3) is 22.3 Å². The van der Waals surface area contributed by atoms with Crippen LogP contribution < -0.4 is 4.74 Å². The van der Waals surface area contributed by atoms with Crippen LogP contribution in [0.1, 0.15) is 33.9 Å². The molecule has 1 fully saturated rings. The number of carbonyl (C=O) groups is 1. The summed E-state index contributed by atoms with van der Waals surface area (Å²) in [4.78, 5) is 20.5. The van der Waals surface area contributed by atoms with Crippen molar-refractivity contribution in [2.24, 2.45) is 0 Å². The lowest BCUT2D eigenvalue weighted by Gasteiger charge is -2.27. The Morgan fingerprint density at radius 1 is 1.14 bits per heavy atom. The molecule has 42 heavy (non-hydrogen) atoms. The molecular weight excluding hydrogens is 546 g/mol. The van der Waals surface area contributed by atoms with E-state index in [2.05, 4.69) is 15.1 Å². The average molecular weight is 571 g/mol. The minimum atomic E-state index is -1.07. The smallest absolute Gasteiger partial charge is 0.335 e. The average Bonchev–Trinajstić information content (AvgIpc) is 3.55. The van der Waals surface area contributed by atoms with Gasteiger partial charge in [0, 0.05) is 30.9 Å². The number of benzene rings is 2. The van der Waals surface area contributed by atoms with Crippen molar-refractivity contribution >= 4 is 17.0 Å². The predicted molar refractivity (Wildman–Crippen MR) is 146 cm³/mol. The van der Waals surface area contributed by atoms with Crippen LogP contribution >= 0.6 is 0 Å². The second-order valence-corrected chi connectivity index (χ2v) is 9.84. The summed E-state index contributed by atoms with van der Waals surface area (Å²) in [6, 6.07) is 15.4. The van der Waals surface area contributed by atoms with Crippen LogP contribution in [0.5, 0.6) is 5.88 Å². The number of rotatable bonds is 10. The Hall–Kier alpha value is -5.15. The molecule has 5 aromatic rings. The van der Waals surface area contributed by atoms with Gasteiger partial charge in [0.1, 0.15) is 30.6 Å². The number of pyridine rings is 1. The van der Waals surface area contributed by atoms with E-state index >= 15 is 8.78 Å². The van der Waals surface area contributed by atoms with Crippen LogP contribution in [0.15, 0.2) is 60.8 Å². The maximum atomic E-state index is 15.4. The third-order valence-corrected chi connectivity index (χ3v) is 7.03. The Morgan fingerprint density at radius 3 is 2.76 bits per heavy atom. The largest absolute Gasteiger partial charge is 0.478 e. The summed E-state index contributed by atoms with van der Waals surface area (Å²) in [6.45, 7) is 1.27. The molecule has 6 rings (SSSR count). The van der Waals surface area contributed by atoms with Gasteiger partial charge in [0.2, 0.25) is 5.88 Å². The lowest BCUT2D eigenvalue weighted by Crippen LogP contribution is -2.31. The number of aromatic carboxylic acids is 1. The van der Waals surface area contributed by atoms with Crippen LogP contribution in [-0.4, -0.2) is 48.1 Å². The van der Waals surface area contributed by atoms with E-state index in [1.807, 2.05) is 10.6 Å². The summed E-state index contributed by atoms with van der Waals surface area (Å²) in [5.41, 5.74) is 2.12. The van der Waals surface area contributed by atoms with E-state index in [4.69, 9.17) is 14.7 Å². The van der Waals surface area contributed by atoms with Gasteiger partial charge in [-0.2, -0.15) is 10.4 Å². The molecule has 1 aliphatic heterocycles. The van der Waals surface area contributed by atoms with E-state index in [0.717, 1.165) is 18.6 Å². The molecule has 4 heterocycles. The first kappa shape index (κ1) is 27.0. The van der Waals surface area contributed by atoms with E-state index in [1.54, 1.807) is 36.5 Å². The standard InChI is InChI=1S/C30H24F2N6O4/c31-23-15-22(25-2-1-3-29(35-25)42-17-20-6-9-37(36-20)10-8-33)24(32)12-19(23)14-28-34-26-5-4-18(30(39)40)13-27(26)38(28)16-21-7-11-41-21/h1-6,9,12-13,15,21H,7,10-11,14,16-17H2,(H,39,40)/t21-/m0/s1. The highest BCUT2D eigenvalue weighted by Crippen LogP contribution is 2.29. The Balaban J connectivity index is 1.25. The van der Waals surface area contributed by atoms with Crippen molar-refractivity contribution in [3.8, 4) is 23.2 Å². The van der Waals surface area contributed by atoms with Gasteiger partial charge in [-0.05, 0) is 54.4 Å². The summed E-state index contributed by atoms with van der Waals surface area (Å²) in [5.74, 6) is -1.68. The van der Waals surface area contributed by atoms with Crippen LogP contribution in [0, 0.1) is 23.0 Å². The van der Waals surface area contributed by atoms with Gasteiger partial charge in [-0.3, -0.25) is 4.68 Å². The molecule has 12 heteroatoms. The number of nitrogens with zero attached hydrogens (tertiary/aromatic N) is 6. The SMILES string of the molecule is N#CCn1ccc(COc2cccc(-c3cc(F)c(Cc4nc5ccc(C(=O)O)cc5n4C[C@@H]4CCO4)cc3F)n2)n1. The zero-order chi connectivity index (χ0) is 29.2. The van der Waals surface area contributed by atoms with E-state index in [-0.39, 0.29) is 53.9 Å². The van der Waals surface area contributed by atoms with Gasteiger partial charge in [0.25, 0.3) is 0 Å². The molecular formula is C30H24F2N6O4. The van der Waals surface area contributed by atoms with Gasteiger partial charge in [-0.1, -0.05) is 6.07 Å². The summed E-state index contributed by atoms with van der Waals surface area (Å²) in [5, 5.41) is 22.4. The lowest BCUT2D eigenvalue weighted by molar-refractivity contribution is -0.0589. The molecule has 0 bridgehead atoms. The number of carboxylic acid groups (broad SMARTS) is 1. The highest BCUT2D eigenvalue weighted by molar-refractivity contribution is 5.92. The third kappa shape index (κ3) is 5.55. The molecule has 0 unspecified atom stereocenters. The van der Waals surface area contributed by atoms with Crippen molar-refractivity contribution in [3.63, 3.8) is 0 Å². The number of aromatic nitrogens is 5. The van der Waals surface area contributed by atoms with Gasteiger partial charge in [-0.15, -0.1) is 0 Å². The fourth-order valence-electron chi connectivity index (χ4n) is 4.80. The predicted octanol–water partition coefficient (Wildman–Crippen LogP) is 4.75. The number of imidazole rings is 1. The molecule has 2 aromatic carbocycles. The summed E-state index contributed by atoms with van der Waals surface area (Å²) in [6.07, 6.45) is 2.43. The Morgan fingerprint density at radius 2 is 2.00 bits per heavy atom. The number of hydrogen-bond donors (Lipinski definition) is 1. The van der Waals surface area contributed by atoms with Crippen molar-refractivity contribution in [2.45, 2.75) is 38.6 Å². The molecule has 10 nitrogen and oxygen atoms in total. The highest BCUT2D eigenvalue weighted by atomic mass is 19.1. The van der Waals surface area contributed by atoms with Gasteiger partial charge in [0.15, 0.2) is 0 Å². The molecule has 212 valence electrons. The first-order valence-electron chi connectivity index (χ1n) is 13.2. The van der Waals surface area contributed by atoms with E-state index in [0.29, 0.717) is 35.7 Å². The molecule has 0 saturated carbocycles. The molecule has 1 saturated heterocycles. The van der Waals surface area contributed by atoms with Crippen molar-refractivity contribution in [3.05, 3.63) is 95.1 Å². The quantitative estimate of drug-likeness (QED) is 0.255. The van der Waals surface area contributed by atoms with Crippen LogP contribution in [-0.2, 0) is 30.9 Å². The van der Waals surface area contributed by atoms with Gasteiger partial charge >= 0.3 is 5.97 Å². The van der Waals surface area contributed by atoms with Gasteiger partial charge in [0.05, 0.1) is 46.7 Å². The van der Waals surface area contributed by atoms with Gasteiger partial charge < -0.3 is 19.1 Å². The van der Waals surface area contributed by atoms with E-state index < -0.39 is 17.6 Å². The molecule has 0 amide bonds. The normalized spacial score (nSPS) is 14.5. The summed E-state index contributed by atoms with van der Waals surface area (Å²) < 4.78 is 45.4. The van der Waals surface area contributed by atoms with Crippen LogP contribution in [0.2, 0.25) is 0 Å². The topological polar surface area (TPSA) is 128 Å². The van der Waals surface area contributed by atoms with E-state index in [1.165, 1.54) is 16.8 Å².